The fourth-order valence-corrected chi connectivity index (χ4v) is 2.59. The number of hydrogen-bond acceptors (Lipinski definition) is 2. The van der Waals surface area contributed by atoms with E-state index in [2.05, 4.69) is 10.3 Å². The Hall–Kier alpha value is -1.33. The Bertz CT molecular complexity index is 432. The molecule has 0 aromatic carbocycles. The van der Waals surface area contributed by atoms with E-state index < -0.39 is 29.2 Å². The van der Waals surface area contributed by atoms with Crippen LogP contribution in [0.1, 0.15) is 39.0 Å². The Kier molecular flexibility index (Phi) is 4.27. The largest absolute Gasteiger partial charge is 0.377 e. The first-order chi connectivity index (χ1) is 9.00. The van der Waals surface area contributed by atoms with E-state index in [0.29, 0.717) is 0 Å². The molecule has 0 bridgehead atoms. The summed E-state index contributed by atoms with van der Waals surface area (Å²) in [5, 5.41) is 2.56. The van der Waals surface area contributed by atoms with Crippen molar-refractivity contribution >= 4 is 5.69 Å². The Morgan fingerprint density at radius 2 is 1.53 bits per heavy atom. The minimum absolute atomic E-state index is 0.245. The zero-order chi connectivity index (χ0) is 14.0. The molecule has 106 valence electrons. The van der Waals surface area contributed by atoms with Gasteiger partial charge in [0.2, 0.25) is 11.6 Å². The van der Waals surface area contributed by atoms with Crippen molar-refractivity contribution in [2.75, 3.05) is 5.32 Å². The number of anilines is 1. The second-order valence-corrected chi connectivity index (χ2v) is 5.03. The van der Waals surface area contributed by atoms with E-state index in [1.54, 1.807) is 6.92 Å². The van der Waals surface area contributed by atoms with Crippen LogP contribution in [0.15, 0.2) is 0 Å². The van der Waals surface area contributed by atoms with Crippen molar-refractivity contribution in [1.82, 2.24) is 4.98 Å². The second kappa shape index (κ2) is 5.75. The van der Waals surface area contributed by atoms with E-state index in [9.17, 15) is 17.6 Å². The molecule has 1 fully saturated rings. The summed E-state index contributed by atoms with van der Waals surface area (Å²) in [5.74, 6) is -5.94. The third kappa shape index (κ3) is 2.98. The van der Waals surface area contributed by atoms with Crippen LogP contribution in [0, 0.1) is 29.4 Å². The van der Waals surface area contributed by atoms with Crippen LogP contribution in [0.25, 0.3) is 0 Å². The van der Waals surface area contributed by atoms with Gasteiger partial charge in [0.05, 0.1) is 0 Å². The molecule has 19 heavy (non-hydrogen) atoms. The zero-order valence-electron chi connectivity index (χ0n) is 10.6. The lowest BCUT2D eigenvalue weighted by molar-refractivity contribution is 0.325. The van der Waals surface area contributed by atoms with Gasteiger partial charge in [0.25, 0.3) is 11.9 Å². The molecule has 0 radical (unpaired) electrons. The summed E-state index contributed by atoms with van der Waals surface area (Å²) >= 11 is 0. The van der Waals surface area contributed by atoms with Crippen LogP contribution in [0.4, 0.5) is 23.2 Å². The van der Waals surface area contributed by atoms with Gasteiger partial charge in [-0.1, -0.05) is 19.3 Å². The van der Waals surface area contributed by atoms with Crippen LogP contribution in [0.5, 0.6) is 0 Å². The summed E-state index contributed by atoms with van der Waals surface area (Å²) in [6.07, 6.45) is 5.20. The minimum Gasteiger partial charge on any atom is -0.377 e. The molecule has 1 aromatic heterocycles. The van der Waals surface area contributed by atoms with Crippen molar-refractivity contribution < 1.29 is 17.6 Å². The summed E-state index contributed by atoms with van der Waals surface area (Å²) in [6, 6.07) is -0.245. The molecule has 1 unspecified atom stereocenters. The summed E-state index contributed by atoms with van der Waals surface area (Å²) in [7, 11) is 0. The average Bonchev–Trinajstić information content (AvgIpc) is 2.42. The number of aromatic nitrogens is 1. The van der Waals surface area contributed by atoms with Crippen molar-refractivity contribution in [1.29, 1.82) is 0 Å². The molecule has 1 aromatic rings. The van der Waals surface area contributed by atoms with Gasteiger partial charge >= 0.3 is 0 Å². The molecule has 1 aliphatic carbocycles. The van der Waals surface area contributed by atoms with Crippen molar-refractivity contribution in [3.63, 3.8) is 0 Å². The van der Waals surface area contributed by atoms with E-state index in [4.69, 9.17) is 0 Å². The maximum absolute atomic E-state index is 13.5. The highest BCUT2D eigenvalue weighted by Gasteiger charge is 2.25. The lowest BCUT2D eigenvalue weighted by Crippen LogP contribution is -2.29. The van der Waals surface area contributed by atoms with Crippen LogP contribution in [-0.2, 0) is 0 Å². The first kappa shape index (κ1) is 14.1. The third-order valence-electron chi connectivity index (χ3n) is 3.73. The number of nitrogens with one attached hydrogen (secondary N) is 1. The molecule has 1 heterocycles. The van der Waals surface area contributed by atoms with Gasteiger partial charge < -0.3 is 5.32 Å². The monoisotopic (exact) mass is 276 g/mol. The average molecular weight is 276 g/mol. The van der Waals surface area contributed by atoms with Crippen LogP contribution in [-0.4, -0.2) is 11.0 Å². The standard InChI is InChI=1S/C13H16F4N2/c1-7(8-5-3-2-4-6-8)18-11-9(14)12(16)19-13(17)10(11)15/h7-8H,2-6H2,1H3,(H,18,19). The smallest absolute Gasteiger partial charge is 0.253 e. The maximum Gasteiger partial charge on any atom is 0.253 e. The van der Waals surface area contributed by atoms with Crippen LogP contribution in [0.2, 0.25) is 0 Å². The van der Waals surface area contributed by atoms with Gasteiger partial charge in [0.1, 0.15) is 5.69 Å². The van der Waals surface area contributed by atoms with E-state index in [1.807, 2.05) is 0 Å². The van der Waals surface area contributed by atoms with Crippen LogP contribution >= 0.6 is 0 Å². The maximum atomic E-state index is 13.5. The highest BCUT2D eigenvalue weighted by atomic mass is 19.2. The van der Waals surface area contributed by atoms with E-state index >= 15 is 0 Å². The quantitative estimate of drug-likeness (QED) is 0.666. The summed E-state index contributed by atoms with van der Waals surface area (Å²) in [6.45, 7) is 1.77. The van der Waals surface area contributed by atoms with Gasteiger partial charge in [0.15, 0.2) is 0 Å². The van der Waals surface area contributed by atoms with Crippen LogP contribution < -0.4 is 5.32 Å². The predicted octanol–water partition coefficient (Wildman–Crippen LogP) is 4.02. The number of hydrogen-bond donors (Lipinski definition) is 1. The Morgan fingerprint density at radius 1 is 1.00 bits per heavy atom. The summed E-state index contributed by atoms with van der Waals surface area (Å²) in [5.41, 5.74) is -0.761. The minimum atomic E-state index is -1.63. The summed E-state index contributed by atoms with van der Waals surface area (Å²) < 4.78 is 52.9. The van der Waals surface area contributed by atoms with Crippen molar-refractivity contribution in [3.05, 3.63) is 23.5 Å². The molecule has 0 spiro atoms. The lowest BCUT2D eigenvalue weighted by atomic mass is 9.84. The predicted molar refractivity (Wildman–Crippen MR) is 63.7 cm³/mol. The third-order valence-corrected chi connectivity index (χ3v) is 3.73. The molecular formula is C13H16F4N2. The molecule has 1 saturated carbocycles. The Morgan fingerprint density at radius 3 is 2.05 bits per heavy atom. The van der Waals surface area contributed by atoms with E-state index in [-0.39, 0.29) is 12.0 Å². The molecule has 1 N–H and O–H groups in total. The van der Waals surface area contributed by atoms with Gasteiger partial charge in [0, 0.05) is 6.04 Å². The van der Waals surface area contributed by atoms with Gasteiger partial charge in [-0.05, 0) is 25.7 Å². The molecular weight excluding hydrogens is 260 g/mol. The lowest BCUT2D eigenvalue weighted by Gasteiger charge is -2.29. The first-order valence-corrected chi connectivity index (χ1v) is 6.47. The van der Waals surface area contributed by atoms with E-state index in [1.165, 1.54) is 0 Å². The second-order valence-electron chi connectivity index (χ2n) is 5.03. The Balaban J connectivity index is 2.18. The fourth-order valence-electron chi connectivity index (χ4n) is 2.59. The summed E-state index contributed by atoms with van der Waals surface area (Å²) in [4.78, 5) is 2.53. The molecule has 0 amide bonds. The Labute approximate surface area is 109 Å². The molecule has 0 saturated heterocycles. The number of nitrogens with zero attached hydrogens (tertiary/aromatic N) is 1. The van der Waals surface area contributed by atoms with Crippen molar-refractivity contribution in [3.8, 4) is 0 Å². The van der Waals surface area contributed by atoms with Gasteiger partial charge in [-0.15, -0.1) is 0 Å². The van der Waals surface area contributed by atoms with E-state index in [0.717, 1.165) is 32.1 Å². The van der Waals surface area contributed by atoms with Gasteiger partial charge in [-0.25, -0.2) is 0 Å². The molecule has 0 aliphatic heterocycles. The normalized spacial score (nSPS) is 18.4. The van der Waals surface area contributed by atoms with Crippen molar-refractivity contribution in [2.24, 2.45) is 5.92 Å². The first-order valence-electron chi connectivity index (χ1n) is 6.47. The number of halogens is 4. The van der Waals surface area contributed by atoms with Crippen LogP contribution in [0.3, 0.4) is 0 Å². The van der Waals surface area contributed by atoms with Gasteiger partial charge in [-0.2, -0.15) is 22.5 Å². The SMILES string of the molecule is CC(Nc1c(F)c(F)nc(F)c1F)C1CCCCC1. The van der Waals surface area contributed by atoms with Gasteiger partial charge in [-0.3, -0.25) is 0 Å². The molecule has 1 aliphatic rings. The molecule has 1 atom stereocenters. The molecule has 6 heteroatoms. The zero-order valence-corrected chi connectivity index (χ0v) is 10.6. The fraction of sp³-hybridized carbons (Fsp3) is 0.615. The highest BCUT2D eigenvalue weighted by molar-refractivity contribution is 5.46. The molecule has 2 rings (SSSR count). The number of pyridine rings is 1. The highest BCUT2D eigenvalue weighted by Crippen LogP contribution is 2.30. The molecule has 2 nitrogen and oxygen atoms in total. The van der Waals surface area contributed by atoms with Crippen molar-refractivity contribution in [2.45, 2.75) is 45.1 Å². The topological polar surface area (TPSA) is 24.9 Å². The number of rotatable bonds is 3.